The van der Waals surface area contributed by atoms with Gasteiger partial charge in [0.15, 0.2) is 0 Å². The van der Waals surface area contributed by atoms with Crippen LogP contribution in [0.25, 0.3) is 0 Å². The summed E-state index contributed by atoms with van der Waals surface area (Å²) in [7, 11) is 0. The molecule has 1 aliphatic rings. The molecule has 0 radical (unpaired) electrons. The third-order valence-electron chi connectivity index (χ3n) is 3.61. The average Bonchev–Trinajstić information content (AvgIpc) is 2.77. The molecule has 4 nitrogen and oxygen atoms in total. The topological polar surface area (TPSA) is 50.9 Å². The molecule has 3 rings (SSSR count). The van der Waals surface area contributed by atoms with Crippen molar-refractivity contribution >= 4 is 0 Å². The minimum Gasteiger partial charge on any atom is -0.508 e. The van der Waals surface area contributed by atoms with Crippen LogP contribution < -0.4 is 0 Å². The molecule has 0 aliphatic carbocycles. The van der Waals surface area contributed by atoms with Gasteiger partial charge in [-0.3, -0.25) is 0 Å². The van der Waals surface area contributed by atoms with Crippen molar-refractivity contribution in [3.05, 3.63) is 41.5 Å². The molecule has 1 aromatic heterocycles. The van der Waals surface area contributed by atoms with Crippen LogP contribution >= 0.6 is 0 Å². The lowest BCUT2D eigenvalue weighted by Gasteiger charge is -2.20. The zero-order valence-electron chi connectivity index (χ0n) is 10.5. The second kappa shape index (κ2) is 4.44. The van der Waals surface area contributed by atoms with Gasteiger partial charge in [0.1, 0.15) is 17.4 Å². The van der Waals surface area contributed by atoms with Crippen molar-refractivity contribution in [2.75, 3.05) is 0 Å². The maximum atomic E-state index is 9.28. The summed E-state index contributed by atoms with van der Waals surface area (Å²) < 4.78 is 2.25. The number of phenolic OH excluding ortho intramolecular Hbond substituents is 1. The summed E-state index contributed by atoms with van der Waals surface area (Å²) in [5.41, 5.74) is 1.15. The molecule has 1 aromatic carbocycles. The van der Waals surface area contributed by atoms with E-state index in [0.29, 0.717) is 11.7 Å². The van der Waals surface area contributed by atoms with E-state index in [4.69, 9.17) is 0 Å². The molecule has 0 amide bonds. The first-order valence-corrected chi connectivity index (χ1v) is 6.44. The molecule has 1 aliphatic heterocycles. The number of fused-ring (bicyclic) bond motifs is 1. The number of phenols is 1. The zero-order valence-corrected chi connectivity index (χ0v) is 10.5. The van der Waals surface area contributed by atoms with E-state index in [1.54, 1.807) is 12.1 Å². The molecular weight excluding hydrogens is 226 g/mol. The van der Waals surface area contributed by atoms with Crippen molar-refractivity contribution in [3.8, 4) is 5.75 Å². The van der Waals surface area contributed by atoms with Crippen LogP contribution in [0.15, 0.2) is 24.3 Å². The Balaban J connectivity index is 1.87. The predicted octanol–water partition coefficient (Wildman–Crippen LogP) is 2.47. The molecule has 1 N–H and O–H groups in total. The Morgan fingerprint density at radius 1 is 1.28 bits per heavy atom. The standard InChI is InChI=1S/C14H17N3O/c1-10-3-2-8-17-13(15-16-14(10)17)9-11-4-6-12(18)7-5-11/h4-7,10,18H,2-3,8-9H2,1H3. The first-order chi connectivity index (χ1) is 8.74. The molecule has 1 unspecified atom stereocenters. The van der Waals surface area contributed by atoms with Crippen LogP contribution in [0.2, 0.25) is 0 Å². The van der Waals surface area contributed by atoms with E-state index >= 15 is 0 Å². The SMILES string of the molecule is CC1CCCn2c(Cc3ccc(O)cc3)nnc21. The van der Waals surface area contributed by atoms with E-state index in [1.165, 1.54) is 12.8 Å². The highest BCUT2D eigenvalue weighted by molar-refractivity contribution is 5.28. The second-order valence-electron chi connectivity index (χ2n) is 5.01. The van der Waals surface area contributed by atoms with Gasteiger partial charge in [-0.1, -0.05) is 19.1 Å². The number of aromatic nitrogens is 3. The summed E-state index contributed by atoms with van der Waals surface area (Å²) >= 11 is 0. The quantitative estimate of drug-likeness (QED) is 0.881. The van der Waals surface area contributed by atoms with Crippen molar-refractivity contribution in [3.63, 3.8) is 0 Å². The van der Waals surface area contributed by atoms with Gasteiger partial charge in [-0.15, -0.1) is 10.2 Å². The highest BCUT2D eigenvalue weighted by Gasteiger charge is 2.21. The van der Waals surface area contributed by atoms with E-state index in [0.717, 1.165) is 30.2 Å². The number of nitrogens with zero attached hydrogens (tertiary/aromatic N) is 3. The number of benzene rings is 1. The molecule has 1 atom stereocenters. The Hall–Kier alpha value is -1.84. The average molecular weight is 243 g/mol. The summed E-state index contributed by atoms with van der Waals surface area (Å²) in [5.74, 6) is 2.97. The fourth-order valence-corrected chi connectivity index (χ4v) is 2.57. The summed E-state index contributed by atoms with van der Waals surface area (Å²) in [6.07, 6.45) is 3.19. The van der Waals surface area contributed by atoms with Crippen molar-refractivity contribution < 1.29 is 5.11 Å². The Bertz CT molecular complexity index is 545. The molecule has 0 saturated heterocycles. The maximum absolute atomic E-state index is 9.28. The predicted molar refractivity (Wildman–Crippen MR) is 68.6 cm³/mol. The van der Waals surface area contributed by atoms with E-state index in [-0.39, 0.29) is 0 Å². The van der Waals surface area contributed by atoms with Crippen molar-refractivity contribution in [2.24, 2.45) is 0 Å². The van der Waals surface area contributed by atoms with Crippen LogP contribution in [0.1, 0.15) is 42.9 Å². The van der Waals surface area contributed by atoms with Gasteiger partial charge in [-0.2, -0.15) is 0 Å². The van der Waals surface area contributed by atoms with Gasteiger partial charge in [-0.05, 0) is 30.5 Å². The number of aromatic hydroxyl groups is 1. The van der Waals surface area contributed by atoms with Gasteiger partial charge < -0.3 is 9.67 Å². The van der Waals surface area contributed by atoms with E-state index in [9.17, 15) is 5.11 Å². The van der Waals surface area contributed by atoms with Crippen molar-refractivity contribution in [1.29, 1.82) is 0 Å². The highest BCUT2D eigenvalue weighted by atomic mass is 16.3. The fraction of sp³-hybridized carbons (Fsp3) is 0.429. The smallest absolute Gasteiger partial charge is 0.137 e. The van der Waals surface area contributed by atoms with Gasteiger partial charge in [0.25, 0.3) is 0 Å². The zero-order chi connectivity index (χ0) is 12.5. The Kier molecular flexibility index (Phi) is 2.78. The molecule has 0 fully saturated rings. The lowest BCUT2D eigenvalue weighted by atomic mass is 10.0. The summed E-state index contributed by atoms with van der Waals surface area (Å²) in [6.45, 7) is 3.24. The summed E-state index contributed by atoms with van der Waals surface area (Å²) in [4.78, 5) is 0. The first kappa shape index (κ1) is 11.3. The molecule has 0 saturated carbocycles. The largest absolute Gasteiger partial charge is 0.508 e. The minimum atomic E-state index is 0.302. The molecular formula is C14H17N3O. The van der Waals surface area contributed by atoms with Gasteiger partial charge in [0.05, 0.1) is 0 Å². The van der Waals surface area contributed by atoms with Gasteiger partial charge in [-0.25, -0.2) is 0 Å². The van der Waals surface area contributed by atoms with Crippen LogP contribution in [-0.2, 0) is 13.0 Å². The lowest BCUT2D eigenvalue weighted by Crippen LogP contribution is -2.16. The molecule has 94 valence electrons. The van der Waals surface area contributed by atoms with E-state index in [1.807, 2.05) is 12.1 Å². The van der Waals surface area contributed by atoms with Crippen LogP contribution in [0.5, 0.6) is 5.75 Å². The van der Waals surface area contributed by atoms with Crippen molar-refractivity contribution in [1.82, 2.24) is 14.8 Å². The minimum absolute atomic E-state index is 0.302. The van der Waals surface area contributed by atoms with Crippen molar-refractivity contribution in [2.45, 2.75) is 38.6 Å². The Morgan fingerprint density at radius 3 is 2.83 bits per heavy atom. The highest BCUT2D eigenvalue weighted by Crippen LogP contribution is 2.26. The molecule has 4 heteroatoms. The third-order valence-corrected chi connectivity index (χ3v) is 3.61. The second-order valence-corrected chi connectivity index (χ2v) is 5.01. The van der Waals surface area contributed by atoms with Crippen LogP contribution in [-0.4, -0.2) is 19.9 Å². The Labute approximate surface area is 106 Å². The van der Waals surface area contributed by atoms with Crippen LogP contribution in [0, 0.1) is 0 Å². The van der Waals surface area contributed by atoms with Crippen LogP contribution in [0.4, 0.5) is 0 Å². The van der Waals surface area contributed by atoms with Crippen LogP contribution in [0.3, 0.4) is 0 Å². The molecule has 2 aromatic rings. The van der Waals surface area contributed by atoms with Gasteiger partial charge in [0, 0.05) is 18.9 Å². The Morgan fingerprint density at radius 2 is 2.06 bits per heavy atom. The molecule has 2 heterocycles. The first-order valence-electron chi connectivity index (χ1n) is 6.44. The normalized spacial score (nSPS) is 18.6. The fourth-order valence-electron chi connectivity index (χ4n) is 2.57. The number of hydrogen-bond donors (Lipinski definition) is 1. The van der Waals surface area contributed by atoms with E-state index in [2.05, 4.69) is 21.7 Å². The maximum Gasteiger partial charge on any atom is 0.137 e. The van der Waals surface area contributed by atoms with E-state index < -0.39 is 0 Å². The molecule has 0 spiro atoms. The van der Waals surface area contributed by atoms with Gasteiger partial charge >= 0.3 is 0 Å². The number of rotatable bonds is 2. The molecule has 18 heavy (non-hydrogen) atoms. The monoisotopic (exact) mass is 243 g/mol. The summed E-state index contributed by atoms with van der Waals surface area (Å²) in [5, 5.41) is 17.9. The van der Waals surface area contributed by atoms with Gasteiger partial charge in [0.2, 0.25) is 0 Å². The summed E-state index contributed by atoms with van der Waals surface area (Å²) in [6, 6.07) is 7.29. The third kappa shape index (κ3) is 1.98. The lowest BCUT2D eigenvalue weighted by molar-refractivity contribution is 0.456. The molecule has 0 bridgehead atoms. The number of hydrogen-bond acceptors (Lipinski definition) is 3.